The van der Waals surface area contributed by atoms with Crippen molar-refractivity contribution < 1.29 is 10.2 Å². The number of aliphatic hydroxyl groups is 2. The highest BCUT2D eigenvalue weighted by Crippen LogP contribution is 2.30. The number of hydrogen-bond acceptors (Lipinski definition) is 4. The largest absolute Gasteiger partial charge is 0.398 e. The number of nitrogens with zero attached hydrogens (tertiary/aromatic N) is 2. The van der Waals surface area contributed by atoms with Gasteiger partial charge in [0, 0.05) is 55.0 Å². The van der Waals surface area contributed by atoms with Crippen LogP contribution in [0.4, 0.5) is 11.4 Å². The van der Waals surface area contributed by atoms with Crippen LogP contribution in [0.1, 0.15) is 0 Å². The zero-order valence-corrected chi connectivity index (χ0v) is 11.7. The Hall–Kier alpha value is -1.98. The minimum Gasteiger partial charge on any atom is -0.398 e. The maximum Gasteiger partial charge on any atom is 0.0606 e. The molecule has 0 radical (unpaired) electrons. The number of aliphatic hydroxyl groups excluding tert-OH is 2. The molecule has 1 aromatic heterocycles. The van der Waals surface area contributed by atoms with Gasteiger partial charge in [0.25, 0.3) is 0 Å². The lowest BCUT2D eigenvalue weighted by Crippen LogP contribution is -2.29. The molecule has 108 valence electrons. The topological polar surface area (TPSA) is 74.6 Å². The molecule has 1 aromatic carbocycles. The molecule has 0 aliphatic heterocycles. The molecular formula is C15H21N3O2. The lowest BCUT2D eigenvalue weighted by molar-refractivity contribution is 0.281. The fourth-order valence-corrected chi connectivity index (χ4v) is 2.27. The monoisotopic (exact) mass is 275 g/mol. The summed E-state index contributed by atoms with van der Waals surface area (Å²) in [5.41, 5.74) is 9.73. The van der Waals surface area contributed by atoms with E-state index in [1.165, 1.54) is 0 Å². The zero-order valence-electron chi connectivity index (χ0n) is 11.7. The summed E-state index contributed by atoms with van der Waals surface area (Å²) in [7, 11) is 1.97. The van der Waals surface area contributed by atoms with Crippen LogP contribution in [0.5, 0.6) is 0 Å². The average molecular weight is 275 g/mol. The summed E-state index contributed by atoms with van der Waals surface area (Å²) in [6, 6.07) is 7.78. The quantitative estimate of drug-likeness (QED) is 0.689. The Morgan fingerprint density at radius 2 is 1.85 bits per heavy atom. The summed E-state index contributed by atoms with van der Waals surface area (Å²) in [4.78, 5) is 1.94. The van der Waals surface area contributed by atoms with Gasteiger partial charge < -0.3 is 25.4 Å². The maximum atomic E-state index is 9.12. The van der Waals surface area contributed by atoms with Crippen molar-refractivity contribution in [2.24, 2.45) is 7.05 Å². The summed E-state index contributed by atoms with van der Waals surface area (Å²) < 4.78 is 1.97. The number of nitrogens with two attached hydrogens (primary N) is 1. The highest BCUT2D eigenvalue weighted by Gasteiger charge is 2.10. The first-order chi connectivity index (χ1) is 9.65. The Morgan fingerprint density at radius 1 is 1.15 bits per heavy atom. The summed E-state index contributed by atoms with van der Waals surface area (Å²) in [5, 5.41) is 18.2. The van der Waals surface area contributed by atoms with Gasteiger partial charge in [0.05, 0.1) is 13.2 Å². The first-order valence-corrected chi connectivity index (χ1v) is 6.64. The van der Waals surface area contributed by atoms with E-state index in [-0.39, 0.29) is 13.2 Å². The minimum absolute atomic E-state index is 0.0467. The van der Waals surface area contributed by atoms with E-state index in [1.807, 2.05) is 53.2 Å². The van der Waals surface area contributed by atoms with Crippen molar-refractivity contribution in [2.75, 3.05) is 36.9 Å². The molecule has 4 N–H and O–H groups in total. The number of aromatic nitrogens is 1. The molecule has 1 heterocycles. The molecule has 0 spiro atoms. The number of benzene rings is 1. The lowest BCUT2D eigenvalue weighted by atomic mass is 10.1. The van der Waals surface area contributed by atoms with E-state index in [4.69, 9.17) is 15.9 Å². The molecule has 20 heavy (non-hydrogen) atoms. The molecular weight excluding hydrogens is 254 g/mol. The molecule has 2 aromatic rings. The zero-order chi connectivity index (χ0) is 14.5. The summed E-state index contributed by atoms with van der Waals surface area (Å²) in [6.07, 6.45) is 3.98. The molecule has 5 heteroatoms. The van der Waals surface area contributed by atoms with Gasteiger partial charge >= 0.3 is 0 Å². The highest BCUT2D eigenvalue weighted by atomic mass is 16.3. The molecule has 0 unspecified atom stereocenters. The van der Waals surface area contributed by atoms with Crippen LogP contribution >= 0.6 is 0 Å². The van der Waals surface area contributed by atoms with Gasteiger partial charge in [-0.3, -0.25) is 0 Å². The van der Waals surface area contributed by atoms with Gasteiger partial charge in [0.1, 0.15) is 0 Å². The van der Waals surface area contributed by atoms with Crippen molar-refractivity contribution in [2.45, 2.75) is 0 Å². The molecule has 0 fully saturated rings. The van der Waals surface area contributed by atoms with Crippen LogP contribution in [-0.2, 0) is 7.05 Å². The number of aryl methyl sites for hydroxylation is 1. The van der Waals surface area contributed by atoms with Crippen LogP contribution in [0.15, 0.2) is 36.7 Å². The van der Waals surface area contributed by atoms with Gasteiger partial charge in [-0.15, -0.1) is 0 Å². The Bertz CT molecular complexity index is 560. The van der Waals surface area contributed by atoms with E-state index in [9.17, 15) is 0 Å². The van der Waals surface area contributed by atoms with Gasteiger partial charge in [0.15, 0.2) is 0 Å². The Labute approximate surface area is 118 Å². The van der Waals surface area contributed by atoms with Gasteiger partial charge in [-0.25, -0.2) is 0 Å². The van der Waals surface area contributed by atoms with Gasteiger partial charge in [0.2, 0.25) is 0 Å². The van der Waals surface area contributed by atoms with Crippen molar-refractivity contribution in [3.8, 4) is 11.1 Å². The number of nitrogen functional groups attached to an aromatic ring is 1. The Kier molecular flexibility index (Phi) is 4.65. The van der Waals surface area contributed by atoms with Crippen molar-refractivity contribution in [1.82, 2.24) is 4.57 Å². The molecule has 0 amide bonds. The molecule has 2 rings (SSSR count). The Balaban J connectivity index is 2.36. The third-order valence-electron chi connectivity index (χ3n) is 3.28. The van der Waals surface area contributed by atoms with E-state index >= 15 is 0 Å². The molecule has 0 bridgehead atoms. The Morgan fingerprint density at radius 3 is 2.40 bits per heavy atom. The van der Waals surface area contributed by atoms with Crippen LogP contribution in [0, 0.1) is 0 Å². The molecule has 0 saturated heterocycles. The lowest BCUT2D eigenvalue weighted by Gasteiger charge is -2.24. The van der Waals surface area contributed by atoms with Crippen molar-refractivity contribution >= 4 is 11.4 Å². The molecule has 0 saturated carbocycles. The second kappa shape index (κ2) is 6.45. The third-order valence-corrected chi connectivity index (χ3v) is 3.28. The van der Waals surface area contributed by atoms with Crippen LogP contribution in [0.2, 0.25) is 0 Å². The minimum atomic E-state index is 0.0467. The van der Waals surface area contributed by atoms with E-state index in [1.54, 1.807) is 0 Å². The van der Waals surface area contributed by atoms with Crippen LogP contribution in [-0.4, -0.2) is 41.1 Å². The number of rotatable bonds is 6. The van der Waals surface area contributed by atoms with Gasteiger partial charge in [-0.2, -0.15) is 0 Å². The standard InChI is InChI=1S/C15H21N3O2/c1-17-5-4-12(11-17)14-10-13(2-3-15(14)16)18(6-8-19)7-9-20/h2-5,10-11,19-20H,6-9,16H2,1H3. The maximum absolute atomic E-state index is 9.12. The van der Waals surface area contributed by atoms with E-state index < -0.39 is 0 Å². The number of hydrogen-bond donors (Lipinski definition) is 3. The van der Waals surface area contributed by atoms with E-state index in [0.29, 0.717) is 18.8 Å². The highest BCUT2D eigenvalue weighted by molar-refractivity contribution is 5.79. The predicted molar refractivity (Wildman–Crippen MR) is 81.6 cm³/mol. The number of anilines is 2. The van der Waals surface area contributed by atoms with Crippen molar-refractivity contribution in [3.05, 3.63) is 36.7 Å². The van der Waals surface area contributed by atoms with Gasteiger partial charge in [-0.05, 0) is 24.3 Å². The summed E-state index contributed by atoms with van der Waals surface area (Å²) in [6.45, 7) is 1.06. The first-order valence-electron chi connectivity index (χ1n) is 6.64. The van der Waals surface area contributed by atoms with Crippen molar-refractivity contribution in [3.63, 3.8) is 0 Å². The normalized spacial score (nSPS) is 10.8. The van der Waals surface area contributed by atoms with E-state index in [2.05, 4.69) is 0 Å². The molecule has 0 atom stereocenters. The van der Waals surface area contributed by atoms with Crippen LogP contribution in [0.3, 0.4) is 0 Å². The second-order valence-corrected chi connectivity index (χ2v) is 4.77. The summed E-state index contributed by atoms with van der Waals surface area (Å²) in [5.74, 6) is 0. The smallest absolute Gasteiger partial charge is 0.0606 e. The third kappa shape index (κ3) is 3.12. The summed E-state index contributed by atoms with van der Waals surface area (Å²) >= 11 is 0. The van der Waals surface area contributed by atoms with E-state index in [0.717, 1.165) is 16.8 Å². The van der Waals surface area contributed by atoms with Crippen molar-refractivity contribution in [1.29, 1.82) is 0 Å². The molecule has 0 aliphatic rings. The fourth-order valence-electron chi connectivity index (χ4n) is 2.27. The first kappa shape index (κ1) is 14.4. The van der Waals surface area contributed by atoms with Gasteiger partial charge in [-0.1, -0.05) is 0 Å². The predicted octanol–water partition coefficient (Wildman–Crippen LogP) is 1.07. The van der Waals surface area contributed by atoms with Crippen LogP contribution in [0.25, 0.3) is 11.1 Å². The van der Waals surface area contributed by atoms with Crippen LogP contribution < -0.4 is 10.6 Å². The SMILES string of the molecule is Cn1ccc(-c2cc(N(CCO)CCO)ccc2N)c1. The fraction of sp³-hybridized carbons (Fsp3) is 0.333. The second-order valence-electron chi connectivity index (χ2n) is 4.77. The average Bonchev–Trinajstić information content (AvgIpc) is 2.86. The molecule has 5 nitrogen and oxygen atoms in total. The molecule has 0 aliphatic carbocycles.